The zero-order chi connectivity index (χ0) is 14.5. The van der Waals surface area contributed by atoms with E-state index in [1.54, 1.807) is 30.3 Å². The first kappa shape index (κ1) is 12.9. The Kier molecular flexibility index (Phi) is 2.56. The number of carbonyl (C=O) groups excluding carboxylic acids is 1. The van der Waals surface area contributed by atoms with Crippen molar-refractivity contribution in [3.63, 3.8) is 0 Å². The summed E-state index contributed by atoms with van der Waals surface area (Å²) in [7, 11) is 0. The van der Waals surface area contributed by atoms with Crippen LogP contribution in [-0.4, -0.2) is 22.9 Å². The highest BCUT2D eigenvalue weighted by molar-refractivity contribution is 6.06. The lowest BCUT2D eigenvalue weighted by atomic mass is 9.95. The number of carbonyl (C=O) groups is 1. The van der Waals surface area contributed by atoms with Crippen molar-refractivity contribution in [2.75, 3.05) is 0 Å². The fourth-order valence-corrected chi connectivity index (χ4v) is 2.25. The van der Waals surface area contributed by atoms with Crippen molar-refractivity contribution in [2.45, 2.75) is 18.4 Å². The first-order valence-electron chi connectivity index (χ1n) is 5.85. The number of halogens is 3. The highest BCUT2D eigenvalue weighted by Crippen LogP contribution is 2.44. The van der Waals surface area contributed by atoms with Gasteiger partial charge in [-0.25, -0.2) is 0 Å². The molecule has 6 heteroatoms. The van der Waals surface area contributed by atoms with Gasteiger partial charge in [-0.2, -0.15) is 13.2 Å². The highest BCUT2D eigenvalue weighted by Gasteiger charge is 2.60. The third-order valence-corrected chi connectivity index (χ3v) is 3.29. The van der Waals surface area contributed by atoms with Gasteiger partial charge in [-0.1, -0.05) is 30.3 Å². The van der Waals surface area contributed by atoms with Gasteiger partial charge in [0.1, 0.15) is 5.75 Å². The summed E-state index contributed by atoms with van der Waals surface area (Å²) in [6.07, 6.45) is -6.18. The average molecular weight is 282 g/mol. The van der Waals surface area contributed by atoms with Crippen LogP contribution in [0.4, 0.5) is 13.2 Å². The van der Waals surface area contributed by atoms with E-state index in [0.29, 0.717) is 10.8 Å². The molecule has 0 spiro atoms. The van der Waals surface area contributed by atoms with Crippen LogP contribution >= 0.6 is 0 Å². The topological polar surface area (TPSA) is 46.5 Å². The van der Waals surface area contributed by atoms with E-state index >= 15 is 0 Å². The lowest BCUT2D eigenvalue weighted by Gasteiger charge is -2.34. The molecule has 0 amide bonds. The van der Waals surface area contributed by atoms with Gasteiger partial charge in [0.2, 0.25) is 0 Å². The summed E-state index contributed by atoms with van der Waals surface area (Å²) in [5, 5.41) is 10.6. The van der Waals surface area contributed by atoms with Crippen molar-refractivity contribution in [1.82, 2.24) is 0 Å². The maximum absolute atomic E-state index is 12.9. The molecular formula is C14H9F3O3. The smallest absolute Gasteiger partial charge is 0.451 e. The van der Waals surface area contributed by atoms with Crippen LogP contribution in [0.15, 0.2) is 36.4 Å². The summed E-state index contributed by atoms with van der Waals surface area (Å²) in [4.78, 5) is 11.9. The SMILES string of the molecule is O=C1CC(O)(C(F)(F)F)Oc2c1ccc1ccccc21. The molecule has 2 aromatic rings. The Hall–Kier alpha value is -2.08. The van der Waals surface area contributed by atoms with Crippen LogP contribution in [0.3, 0.4) is 0 Å². The molecule has 20 heavy (non-hydrogen) atoms. The van der Waals surface area contributed by atoms with E-state index in [-0.39, 0.29) is 11.3 Å². The van der Waals surface area contributed by atoms with Gasteiger partial charge in [-0.3, -0.25) is 4.79 Å². The zero-order valence-electron chi connectivity index (χ0n) is 10.1. The summed E-state index contributed by atoms with van der Waals surface area (Å²) >= 11 is 0. The Morgan fingerprint density at radius 1 is 1.15 bits per heavy atom. The summed E-state index contributed by atoms with van der Waals surface area (Å²) in [6.45, 7) is 0. The van der Waals surface area contributed by atoms with Crippen LogP contribution in [0.2, 0.25) is 0 Å². The molecule has 0 aliphatic carbocycles. The number of rotatable bonds is 0. The number of benzene rings is 2. The molecule has 0 aromatic heterocycles. The predicted octanol–water partition coefficient (Wildman–Crippen LogP) is 3.06. The molecule has 1 N–H and O–H groups in total. The number of hydrogen-bond donors (Lipinski definition) is 1. The molecular weight excluding hydrogens is 273 g/mol. The lowest BCUT2D eigenvalue weighted by molar-refractivity contribution is -0.334. The number of ether oxygens (including phenoxy) is 1. The molecule has 1 atom stereocenters. The van der Waals surface area contributed by atoms with Crippen molar-refractivity contribution >= 4 is 16.6 Å². The second-order valence-electron chi connectivity index (χ2n) is 4.65. The molecule has 3 nitrogen and oxygen atoms in total. The van der Waals surface area contributed by atoms with E-state index in [2.05, 4.69) is 0 Å². The summed E-state index contributed by atoms with van der Waals surface area (Å²) in [5.74, 6) is -4.49. The number of ketones is 1. The molecule has 1 aliphatic heterocycles. The van der Waals surface area contributed by atoms with Crippen LogP contribution in [0.1, 0.15) is 16.8 Å². The summed E-state index contributed by atoms with van der Waals surface area (Å²) in [6, 6.07) is 9.62. The van der Waals surface area contributed by atoms with E-state index in [1.165, 1.54) is 6.07 Å². The standard InChI is InChI=1S/C14H9F3O3/c15-14(16,17)13(19)7-11(18)10-6-5-8-3-1-2-4-9(8)12(10)20-13/h1-6,19H,7H2. The molecule has 104 valence electrons. The number of fused-ring (bicyclic) bond motifs is 3. The zero-order valence-corrected chi connectivity index (χ0v) is 10.1. The van der Waals surface area contributed by atoms with E-state index in [0.717, 1.165) is 0 Å². The van der Waals surface area contributed by atoms with Crippen molar-refractivity contribution in [3.8, 4) is 5.75 Å². The van der Waals surface area contributed by atoms with Crippen molar-refractivity contribution < 1.29 is 27.8 Å². The lowest BCUT2D eigenvalue weighted by Crippen LogP contribution is -2.53. The number of Topliss-reactive ketones (excluding diaryl/α,β-unsaturated/α-hetero) is 1. The monoisotopic (exact) mass is 282 g/mol. The third kappa shape index (κ3) is 1.76. The summed E-state index contributed by atoms with van der Waals surface area (Å²) in [5.41, 5.74) is 0.0534. The van der Waals surface area contributed by atoms with Crippen LogP contribution in [-0.2, 0) is 0 Å². The molecule has 1 heterocycles. The van der Waals surface area contributed by atoms with E-state index in [9.17, 15) is 23.1 Å². The van der Waals surface area contributed by atoms with Crippen LogP contribution in [0.5, 0.6) is 5.75 Å². The molecule has 1 aliphatic rings. The van der Waals surface area contributed by atoms with Gasteiger partial charge in [-0.15, -0.1) is 0 Å². The third-order valence-electron chi connectivity index (χ3n) is 3.29. The van der Waals surface area contributed by atoms with E-state index < -0.39 is 24.2 Å². The van der Waals surface area contributed by atoms with Gasteiger partial charge >= 0.3 is 12.0 Å². The average Bonchev–Trinajstić information content (AvgIpc) is 2.37. The highest BCUT2D eigenvalue weighted by atomic mass is 19.4. The maximum Gasteiger partial charge on any atom is 0.455 e. The number of alkyl halides is 3. The normalized spacial score (nSPS) is 22.5. The van der Waals surface area contributed by atoms with Crippen molar-refractivity contribution in [2.24, 2.45) is 0 Å². The van der Waals surface area contributed by atoms with E-state index in [1.807, 2.05) is 0 Å². The van der Waals surface area contributed by atoms with E-state index in [4.69, 9.17) is 4.74 Å². The number of hydrogen-bond acceptors (Lipinski definition) is 3. The Labute approximate surface area is 111 Å². The molecule has 0 saturated carbocycles. The summed E-state index contributed by atoms with van der Waals surface area (Å²) < 4.78 is 43.4. The first-order chi connectivity index (χ1) is 9.32. The minimum Gasteiger partial charge on any atom is -0.451 e. The molecule has 2 aromatic carbocycles. The second-order valence-corrected chi connectivity index (χ2v) is 4.65. The van der Waals surface area contributed by atoms with Crippen LogP contribution in [0, 0.1) is 0 Å². The van der Waals surface area contributed by atoms with Crippen LogP contribution in [0.25, 0.3) is 10.8 Å². The van der Waals surface area contributed by atoms with Gasteiger partial charge in [-0.05, 0) is 11.5 Å². The second kappa shape index (κ2) is 3.96. The first-order valence-corrected chi connectivity index (χ1v) is 5.85. The fraction of sp³-hybridized carbons (Fsp3) is 0.214. The molecule has 3 rings (SSSR count). The molecule has 0 fully saturated rings. The minimum absolute atomic E-state index is 0.0534. The molecule has 0 bridgehead atoms. The molecule has 0 radical (unpaired) electrons. The van der Waals surface area contributed by atoms with Gasteiger partial charge in [0, 0.05) is 5.39 Å². The number of aliphatic hydroxyl groups is 1. The predicted molar refractivity (Wildman–Crippen MR) is 64.5 cm³/mol. The van der Waals surface area contributed by atoms with Crippen molar-refractivity contribution in [1.29, 1.82) is 0 Å². The molecule has 0 saturated heterocycles. The largest absolute Gasteiger partial charge is 0.455 e. The maximum atomic E-state index is 12.9. The van der Waals surface area contributed by atoms with Gasteiger partial charge < -0.3 is 9.84 Å². The Balaban J connectivity index is 2.24. The van der Waals surface area contributed by atoms with Gasteiger partial charge in [0.05, 0.1) is 12.0 Å². The quantitative estimate of drug-likeness (QED) is 0.807. The van der Waals surface area contributed by atoms with Crippen LogP contribution < -0.4 is 4.74 Å². The Bertz CT molecular complexity index is 708. The van der Waals surface area contributed by atoms with Gasteiger partial charge in [0.15, 0.2) is 5.78 Å². The van der Waals surface area contributed by atoms with Crippen molar-refractivity contribution in [3.05, 3.63) is 42.0 Å². The Morgan fingerprint density at radius 3 is 2.55 bits per heavy atom. The fourth-order valence-electron chi connectivity index (χ4n) is 2.25. The van der Waals surface area contributed by atoms with Gasteiger partial charge in [0.25, 0.3) is 0 Å². The Morgan fingerprint density at radius 2 is 1.85 bits per heavy atom. The minimum atomic E-state index is -5.04. The molecule has 1 unspecified atom stereocenters.